The molecule has 0 aromatic rings. The molecular weight excluding hydrogens is 328 g/mol. The van der Waals surface area contributed by atoms with E-state index in [4.69, 9.17) is 4.74 Å². The number of esters is 1. The second-order valence-electron chi connectivity index (χ2n) is 6.40. The predicted octanol–water partition coefficient (Wildman–Crippen LogP) is 4.60. The number of cyclic esters (lactones) is 1. The zero-order valence-electron chi connectivity index (χ0n) is 15.8. The Morgan fingerprint density at radius 1 is 0.846 bits per heavy atom. The zero-order valence-corrected chi connectivity index (χ0v) is 15.8. The lowest BCUT2D eigenvalue weighted by Crippen LogP contribution is -2.24. The number of carbonyl (C=O) groups is 2. The standard InChI is InChI=1S/C22H32O4/c1-2-3-4-5-6-7-8-9-10-11-12-13-14-15-16-17-18-19-20(23)21(24)22(25)26-19/h6-7,9-10,12-13,15-16,19,21,24H,2-5,8,11,14,17-18H2,1H3/t19-,21?/m1/s1. The van der Waals surface area contributed by atoms with Crippen molar-refractivity contribution in [1.82, 2.24) is 0 Å². The van der Waals surface area contributed by atoms with Gasteiger partial charge in [-0.25, -0.2) is 4.79 Å². The summed E-state index contributed by atoms with van der Waals surface area (Å²) in [7, 11) is 0. The number of carbonyl (C=O) groups excluding carboxylic acids is 2. The first kappa shape index (κ1) is 22.1. The van der Waals surface area contributed by atoms with Gasteiger partial charge in [-0.3, -0.25) is 4.79 Å². The summed E-state index contributed by atoms with van der Waals surface area (Å²) in [6.45, 7) is 2.22. The third-order valence-electron chi connectivity index (χ3n) is 4.12. The highest BCUT2D eigenvalue weighted by molar-refractivity contribution is 6.08. The van der Waals surface area contributed by atoms with Crippen LogP contribution < -0.4 is 0 Å². The van der Waals surface area contributed by atoms with Crippen LogP contribution >= 0.6 is 0 Å². The van der Waals surface area contributed by atoms with Crippen LogP contribution in [-0.2, 0) is 14.3 Å². The Balaban J connectivity index is 2.00. The maximum absolute atomic E-state index is 11.5. The van der Waals surface area contributed by atoms with Gasteiger partial charge in [0.05, 0.1) is 0 Å². The van der Waals surface area contributed by atoms with Crippen LogP contribution in [0.15, 0.2) is 48.6 Å². The fourth-order valence-electron chi connectivity index (χ4n) is 2.56. The smallest absolute Gasteiger partial charge is 0.343 e. The molecule has 144 valence electrons. The monoisotopic (exact) mass is 360 g/mol. The lowest BCUT2D eigenvalue weighted by Gasteiger charge is -2.03. The summed E-state index contributed by atoms with van der Waals surface area (Å²) in [5, 5.41) is 9.21. The summed E-state index contributed by atoms with van der Waals surface area (Å²) in [5.41, 5.74) is 0. The van der Waals surface area contributed by atoms with E-state index < -0.39 is 24.0 Å². The number of hydrogen-bond acceptors (Lipinski definition) is 4. The van der Waals surface area contributed by atoms with Crippen LogP contribution in [-0.4, -0.2) is 29.1 Å². The molecule has 0 amide bonds. The fourth-order valence-corrected chi connectivity index (χ4v) is 2.56. The number of aliphatic hydroxyl groups is 1. The molecule has 1 rings (SSSR count). The Labute approximate surface area is 157 Å². The van der Waals surface area contributed by atoms with Gasteiger partial charge in [0.15, 0.2) is 6.10 Å². The van der Waals surface area contributed by atoms with Crippen molar-refractivity contribution in [2.45, 2.75) is 76.9 Å². The molecule has 0 aromatic heterocycles. The number of unbranched alkanes of at least 4 members (excludes halogenated alkanes) is 3. The van der Waals surface area contributed by atoms with Crippen molar-refractivity contribution in [3.8, 4) is 0 Å². The molecule has 4 heteroatoms. The van der Waals surface area contributed by atoms with E-state index in [2.05, 4.69) is 43.4 Å². The van der Waals surface area contributed by atoms with E-state index in [1.807, 2.05) is 12.2 Å². The molecule has 0 aromatic carbocycles. The first-order valence-corrected chi connectivity index (χ1v) is 9.69. The van der Waals surface area contributed by atoms with Crippen molar-refractivity contribution >= 4 is 11.8 Å². The van der Waals surface area contributed by atoms with Gasteiger partial charge >= 0.3 is 5.97 Å². The average Bonchev–Trinajstić information content (AvgIpc) is 2.88. The van der Waals surface area contributed by atoms with Gasteiger partial charge < -0.3 is 9.84 Å². The number of rotatable bonds is 13. The highest BCUT2D eigenvalue weighted by Crippen LogP contribution is 2.16. The van der Waals surface area contributed by atoms with Gasteiger partial charge in [0.1, 0.15) is 0 Å². The summed E-state index contributed by atoms with van der Waals surface area (Å²) in [6, 6.07) is 0. The van der Waals surface area contributed by atoms with E-state index in [1.165, 1.54) is 25.7 Å². The summed E-state index contributed by atoms with van der Waals surface area (Å²) >= 11 is 0. The minimum Gasteiger partial charge on any atom is -0.452 e. The summed E-state index contributed by atoms with van der Waals surface area (Å²) in [4.78, 5) is 22.5. The zero-order chi connectivity index (χ0) is 19.0. The second kappa shape index (κ2) is 14.3. The van der Waals surface area contributed by atoms with Gasteiger partial charge in [0, 0.05) is 0 Å². The van der Waals surface area contributed by atoms with Gasteiger partial charge in [-0.05, 0) is 44.9 Å². The summed E-state index contributed by atoms with van der Waals surface area (Å²) < 4.78 is 4.81. The van der Waals surface area contributed by atoms with Crippen molar-refractivity contribution in [2.24, 2.45) is 0 Å². The van der Waals surface area contributed by atoms with Crippen LogP contribution in [0, 0.1) is 0 Å². The number of ketones is 1. The molecule has 0 spiro atoms. The second-order valence-corrected chi connectivity index (χ2v) is 6.40. The maximum Gasteiger partial charge on any atom is 0.343 e. The molecular formula is C22H32O4. The first-order valence-electron chi connectivity index (χ1n) is 9.69. The van der Waals surface area contributed by atoms with Crippen LogP contribution in [0.25, 0.3) is 0 Å². The van der Waals surface area contributed by atoms with E-state index in [9.17, 15) is 14.7 Å². The molecule has 1 fully saturated rings. The Kier molecular flexibility index (Phi) is 12.1. The number of allylic oxidation sites excluding steroid dienone is 8. The molecule has 1 aliphatic heterocycles. The minimum atomic E-state index is -1.59. The van der Waals surface area contributed by atoms with E-state index in [-0.39, 0.29) is 0 Å². The van der Waals surface area contributed by atoms with E-state index in [1.54, 1.807) is 0 Å². The van der Waals surface area contributed by atoms with E-state index in [0.717, 1.165) is 19.3 Å². The Hall–Kier alpha value is -1.94. The van der Waals surface area contributed by atoms with Crippen molar-refractivity contribution in [1.29, 1.82) is 0 Å². The lowest BCUT2D eigenvalue weighted by molar-refractivity contribution is -0.147. The molecule has 0 bridgehead atoms. The Morgan fingerprint density at radius 2 is 1.38 bits per heavy atom. The lowest BCUT2D eigenvalue weighted by atomic mass is 10.1. The van der Waals surface area contributed by atoms with Gasteiger partial charge in [0.25, 0.3) is 0 Å². The summed E-state index contributed by atoms with van der Waals surface area (Å²) in [6.07, 6.45) is 23.6. The van der Waals surface area contributed by atoms with Crippen molar-refractivity contribution in [2.75, 3.05) is 0 Å². The van der Waals surface area contributed by atoms with E-state index in [0.29, 0.717) is 12.8 Å². The highest BCUT2D eigenvalue weighted by atomic mass is 16.6. The van der Waals surface area contributed by atoms with Crippen LogP contribution in [0.2, 0.25) is 0 Å². The number of hydrogen-bond donors (Lipinski definition) is 1. The van der Waals surface area contributed by atoms with Crippen LogP contribution in [0.1, 0.15) is 64.7 Å². The largest absolute Gasteiger partial charge is 0.452 e. The normalized spacial score (nSPS) is 21.2. The van der Waals surface area contributed by atoms with Crippen molar-refractivity contribution < 1.29 is 19.4 Å². The number of Topliss-reactive ketones (excluding diaryl/α,β-unsaturated/α-hetero) is 1. The molecule has 1 saturated heterocycles. The van der Waals surface area contributed by atoms with Gasteiger partial charge in [-0.2, -0.15) is 0 Å². The third kappa shape index (κ3) is 9.52. The molecule has 1 unspecified atom stereocenters. The van der Waals surface area contributed by atoms with Gasteiger partial charge in [-0.1, -0.05) is 68.4 Å². The van der Waals surface area contributed by atoms with Crippen LogP contribution in [0.4, 0.5) is 0 Å². The molecule has 2 atom stereocenters. The first-order chi connectivity index (χ1) is 12.7. The molecule has 26 heavy (non-hydrogen) atoms. The molecule has 1 aliphatic rings. The van der Waals surface area contributed by atoms with Crippen LogP contribution in [0.3, 0.4) is 0 Å². The predicted molar refractivity (Wildman–Crippen MR) is 105 cm³/mol. The molecule has 1 heterocycles. The third-order valence-corrected chi connectivity index (χ3v) is 4.12. The van der Waals surface area contributed by atoms with Crippen LogP contribution in [0.5, 0.6) is 0 Å². The molecule has 0 saturated carbocycles. The quantitative estimate of drug-likeness (QED) is 0.226. The topological polar surface area (TPSA) is 63.6 Å². The Morgan fingerprint density at radius 3 is 1.88 bits per heavy atom. The van der Waals surface area contributed by atoms with Gasteiger partial charge in [0.2, 0.25) is 11.9 Å². The van der Waals surface area contributed by atoms with Gasteiger partial charge in [-0.15, -0.1) is 0 Å². The molecule has 0 aliphatic carbocycles. The van der Waals surface area contributed by atoms with E-state index >= 15 is 0 Å². The molecule has 4 nitrogen and oxygen atoms in total. The summed E-state index contributed by atoms with van der Waals surface area (Å²) in [5.74, 6) is -1.35. The van der Waals surface area contributed by atoms with Crippen molar-refractivity contribution in [3.05, 3.63) is 48.6 Å². The molecule has 0 radical (unpaired) electrons. The van der Waals surface area contributed by atoms with Crippen molar-refractivity contribution in [3.63, 3.8) is 0 Å². The number of aliphatic hydroxyl groups excluding tert-OH is 1. The average molecular weight is 360 g/mol. The minimum absolute atomic E-state index is 0.427. The highest BCUT2D eigenvalue weighted by Gasteiger charge is 2.41. The SMILES string of the molecule is CCCCCC=CCC=CCC=CCC=CCC[C@H]1OC(=O)C(O)C1=O. The Bertz CT molecular complexity index is 528. The number of ether oxygens (including phenoxy) is 1. The maximum atomic E-state index is 11.5. The fraction of sp³-hybridized carbons (Fsp3) is 0.545. The molecule has 1 N–H and O–H groups in total.